The third-order valence-electron chi connectivity index (χ3n) is 10.2. The Labute approximate surface area is 318 Å². The van der Waals surface area contributed by atoms with Crippen molar-refractivity contribution >= 4 is 33.9 Å². The highest BCUT2D eigenvalue weighted by Gasteiger charge is 2.23. The number of carbonyl (C=O) groups is 2. The Kier molecular flexibility index (Phi) is 11.0. The molecule has 0 radical (unpaired) electrons. The molecule has 7 rings (SSSR count). The van der Waals surface area contributed by atoms with E-state index in [4.69, 9.17) is 9.73 Å². The highest BCUT2D eigenvalue weighted by Crippen LogP contribution is 2.25. The van der Waals surface area contributed by atoms with Crippen molar-refractivity contribution in [1.82, 2.24) is 42.7 Å². The minimum Gasteiger partial charge on any atom is -0.387 e. The fourth-order valence-electron chi connectivity index (χ4n) is 7.47. The number of benzene rings is 2. The highest BCUT2D eigenvalue weighted by molar-refractivity contribution is 5.94. The predicted octanol–water partition coefficient (Wildman–Crippen LogP) is 3.43. The summed E-state index contributed by atoms with van der Waals surface area (Å²) in [6.45, 7) is 12.7. The van der Waals surface area contributed by atoms with Gasteiger partial charge in [0.2, 0.25) is 11.2 Å². The molecule has 6 aromatic rings. The van der Waals surface area contributed by atoms with Gasteiger partial charge in [0, 0.05) is 65.5 Å². The number of carbonyl (C=O) groups excluding carboxylic acids is 2. The maximum atomic E-state index is 13.8. The summed E-state index contributed by atoms with van der Waals surface area (Å²) >= 11 is 0. The number of aryl methyl sites for hydroxylation is 6. The van der Waals surface area contributed by atoms with Gasteiger partial charge in [-0.15, -0.1) is 0 Å². The van der Waals surface area contributed by atoms with E-state index in [0.717, 1.165) is 52.1 Å². The van der Waals surface area contributed by atoms with Crippen LogP contribution in [0.5, 0.6) is 0 Å². The monoisotopic (exact) mass is 747 g/mol. The molecule has 2 aromatic carbocycles. The number of morpholine rings is 1. The number of imidazole rings is 2. The number of aliphatic hydroxyl groups excluding tert-OH is 1. The van der Waals surface area contributed by atoms with Gasteiger partial charge in [0.05, 0.1) is 52.8 Å². The third-order valence-corrected chi connectivity index (χ3v) is 10.2. The second-order valence-electron chi connectivity index (χ2n) is 13.9. The molecular formula is C40H49N11O4. The Morgan fingerprint density at radius 2 is 1.31 bits per heavy atom. The molecule has 1 aliphatic heterocycles. The summed E-state index contributed by atoms with van der Waals surface area (Å²) in [4.78, 5) is 38.9. The van der Waals surface area contributed by atoms with Crippen molar-refractivity contribution < 1.29 is 19.4 Å². The Hall–Kier alpha value is -5.64. The molecule has 5 heterocycles. The molecule has 15 nitrogen and oxygen atoms in total. The largest absolute Gasteiger partial charge is 0.387 e. The number of aromatic nitrogens is 8. The van der Waals surface area contributed by atoms with E-state index < -0.39 is 12.0 Å². The van der Waals surface area contributed by atoms with Gasteiger partial charge in [0.25, 0.3) is 11.8 Å². The smallest absolute Gasteiger partial charge is 0.298 e. The van der Waals surface area contributed by atoms with Gasteiger partial charge in [-0.1, -0.05) is 36.4 Å². The number of aliphatic hydroxyl groups is 1. The zero-order valence-corrected chi connectivity index (χ0v) is 32.4. The Balaban J connectivity index is 1.30. The standard InChI is InChI=1S/C40H49N11O4/c1-7-50-33(24-27(3)43-50)37(53)41-39-45(5)30-15-9-10-16-31(30)48(39)18-11-12-19-49-36-29(35(52)26-47-20-22-55-23-21-47)14-13-17-32(36)46(6)40(49)42-38(54)34-25-28(4)44-51(34)8-2/h9-17,24-25,35,52H,7-8,18-23,26H2,1-6H3/b12-11+,41-39+,42-40+. The summed E-state index contributed by atoms with van der Waals surface area (Å²) in [6, 6.07) is 17.3. The fraction of sp³-hybridized carbons (Fsp3) is 0.400. The zero-order valence-electron chi connectivity index (χ0n) is 32.4. The minimum absolute atomic E-state index is 0.350. The summed E-state index contributed by atoms with van der Waals surface area (Å²) < 4.78 is 16.7. The van der Waals surface area contributed by atoms with E-state index in [1.54, 1.807) is 21.5 Å². The summed E-state index contributed by atoms with van der Waals surface area (Å²) in [7, 11) is 3.79. The molecule has 15 heteroatoms. The molecular weight excluding hydrogens is 699 g/mol. The molecule has 55 heavy (non-hydrogen) atoms. The van der Waals surface area contributed by atoms with Gasteiger partial charge in [-0.2, -0.15) is 20.2 Å². The van der Waals surface area contributed by atoms with Gasteiger partial charge in [0.1, 0.15) is 11.4 Å². The van der Waals surface area contributed by atoms with E-state index in [1.165, 1.54) is 0 Å². The quantitative estimate of drug-likeness (QED) is 0.200. The average Bonchev–Trinajstić information content (AvgIpc) is 3.92. The second kappa shape index (κ2) is 16.0. The lowest BCUT2D eigenvalue weighted by molar-refractivity contribution is 0.0145. The van der Waals surface area contributed by atoms with Crippen LogP contribution >= 0.6 is 0 Å². The van der Waals surface area contributed by atoms with Crippen LogP contribution in [0.3, 0.4) is 0 Å². The van der Waals surface area contributed by atoms with Crippen molar-refractivity contribution in [3.63, 3.8) is 0 Å². The highest BCUT2D eigenvalue weighted by atomic mass is 16.5. The van der Waals surface area contributed by atoms with Crippen molar-refractivity contribution in [3.05, 3.63) is 106 Å². The molecule has 1 unspecified atom stereocenters. The number of allylic oxidation sites excluding steroid dienone is 2. The molecule has 0 bridgehead atoms. The number of nitrogens with zero attached hydrogens (tertiary/aromatic N) is 11. The van der Waals surface area contributed by atoms with Crippen molar-refractivity contribution in [2.75, 3.05) is 32.8 Å². The van der Waals surface area contributed by atoms with Crippen LogP contribution in [0.15, 0.2) is 76.7 Å². The van der Waals surface area contributed by atoms with Crippen molar-refractivity contribution in [2.45, 2.75) is 60.0 Å². The molecule has 4 aromatic heterocycles. The van der Waals surface area contributed by atoms with Crippen molar-refractivity contribution in [1.29, 1.82) is 0 Å². The molecule has 1 saturated heterocycles. The maximum absolute atomic E-state index is 13.8. The first kappa shape index (κ1) is 37.7. The van der Waals surface area contributed by atoms with Crippen LogP contribution in [0.25, 0.3) is 22.1 Å². The lowest BCUT2D eigenvalue weighted by atomic mass is 10.1. The number of rotatable bonds is 11. The number of para-hydroxylation sites is 3. The van der Waals surface area contributed by atoms with E-state index >= 15 is 0 Å². The van der Waals surface area contributed by atoms with Crippen LogP contribution in [0.4, 0.5) is 0 Å². The predicted molar refractivity (Wildman–Crippen MR) is 208 cm³/mol. The number of ether oxygens (including phenoxy) is 1. The molecule has 288 valence electrons. The number of fused-ring (bicyclic) bond motifs is 2. The van der Waals surface area contributed by atoms with Crippen LogP contribution < -0.4 is 11.2 Å². The van der Waals surface area contributed by atoms with Gasteiger partial charge in [0.15, 0.2) is 0 Å². The van der Waals surface area contributed by atoms with Crippen molar-refractivity contribution in [2.24, 2.45) is 24.1 Å². The maximum Gasteiger partial charge on any atom is 0.298 e. The number of amides is 2. The third kappa shape index (κ3) is 7.42. The normalized spacial score (nSPS) is 15.3. The van der Waals surface area contributed by atoms with Gasteiger partial charge in [-0.05, 0) is 58.0 Å². The van der Waals surface area contributed by atoms with Gasteiger partial charge in [-0.25, -0.2) is 0 Å². The molecule has 1 N–H and O–H groups in total. The van der Waals surface area contributed by atoms with Gasteiger partial charge in [-0.3, -0.25) is 23.9 Å². The zero-order chi connectivity index (χ0) is 38.8. The first-order valence-corrected chi connectivity index (χ1v) is 18.8. The Morgan fingerprint density at radius 3 is 1.91 bits per heavy atom. The lowest BCUT2D eigenvalue weighted by Gasteiger charge is -2.28. The molecule has 2 amide bonds. The lowest BCUT2D eigenvalue weighted by Crippen LogP contribution is -2.38. The van der Waals surface area contributed by atoms with E-state index in [1.807, 2.05) is 115 Å². The molecule has 0 spiro atoms. The van der Waals surface area contributed by atoms with Crippen molar-refractivity contribution in [3.8, 4) is 0 Å². The summed E-state index contributed by atoms with van der Waals surface area (Å²) in [6.07, 6.45) is 3.26. The summed E-state index contributed by atoms with van der Waals surface area (Å²) in [5.74, 6) is -0.764. The molecule has 0 saturated carbocycles. The average molecular weight is 748 g/mol. The molecule has 1 aliphatic rings. The summed E-state index contributed by atoms with van der Waals surface area (Å²) in [5.41, 5.74) is 7.55. The number of β-amino-alcohol motifs (C(OH)–C–C–N with tert-alkyl or cyclic N) is 1. The van der Waals surface area contributed by atoms with E-state index in [0.29, 0.717) is 68.6 Å². The molecule has 1 atom stereocenters. The van der Waals surface area contributed by atoms with Crippen LogP contribution in [0.2, 0.25) is 0 Å². The van der Waals surface area contributed by atoms with Crippen LogP contribution in [0.1, 0.15) is 57.9 Å². The van der Waals surface area contributed by atoms with Gasteiger partial charge < -0.3 is 28.1 Å². The Bertz CT molecular complexity index is 2550. The van der Waals surface area contributed by atoms with Crippen LogP contribution in [0, 0.1) is 13.8 Å². The molecule has 1 fully saturated rings. The number of hydrogen-bond donors (Lipinski definition) is 1. The first-order chi connectivity index (χ1) is 26.6. The van der Waals surface area contributed by atoms with Crippen LogP contribution in [-0.4, -0.2) is 92.5 Å². The summed E-state index contributed by atoms with van der Waals surface area (Å²) in [5, 5.41) is 20.6. The Morgan fingerprint density at radius 1 is 0.782 bits per heavy atom. The first-order valence-electron chi connectivity index (χ1n) is 18.8. The fourth-order valence-corrected chi connectivity index (χ4v) is 7.47. The topological polar surface area (TPSA) is 147 Å². The van der Waals surface area contributed by atoms with Gasteiger partial charge >= 0.3 is 0 Å². The molecule has 0 aliphatic carbocycles. The van der Waals surface area contributed by atoms with E-state index in [-0.39, 0.29) is 5.91 Å². The minimum atomic E-state index is -0.784. The van der Waals surface area contributed by atoms with E-state index in [9.17, 15) is 14.7 Å². The van der Waals surface area contributed by atoms with Crippen LogP contribution in [-0.2, 0) is 45.0 Å². The number of hydrogen-bond acceptors (Lipinski definition) is 7. The van der Waals surface area contributed by atoms with E-state index in [2.05, 4.69) is 20.1 Å². The SMILES string of the molecule is CCn1nc(C)cc1C(=O)/N=c1\n(C)c2ccccc2n1C/C=C/Cn1/c(=N/C(=O)c2cc(C)nn2CC)n(C)c2cccc(C(O)CN3CCOCC3)c21. The second-order valence-corrected chi connectivity index (χ2v) is 13.9.